The number of aliphatic hydroxyl groups excluding tert-OH is 1. The van der Waals surface area contributed by atoms with Gasteiger partial charge in [0.15, 0.2) is 6.10 Å². The third kappa shape index (κ3) is 1.19. The Morgan fingerprint density at radius 2 is 2.50 bits per heavy atom. The number of carbonyl (C=O) groups is 1. The summed E-state index contributed by atoms with van der Waals surface area (Å²) >= 11 is 0. The van der Waals surface area contributed by atoms with Crippen molar-refractivity contribution in [1.29, 1.82) is 0 Å². The number of hydrogen-bond acceptors (Lipinski definition) is 3. The zero-order valence-corrected chi connectivity index (χ0v) is 5.83. The van der Waals surface area contributed by atoms with E-state index in [2.05, 4.69) is 4.74 Å². The van der Waals surface area contributed by atoms with E-state index >= 15 is 0 Å². The van der Waals surface area contributed by atoms with Gasteiger partial charge >= 0.3 is 5.97 Å². The Balaban J connectivity index is 2.47. The predicted molar refractivity (Wildman–Crippen MR) is 35.3 cm³/mol. The Bertz CT molecular complexity index is 172. The smallest absolute Gasteiger partial charge is 0.339 e. The highest BCUT2D eigenvalue weighted by Gasteiger charge is 2.22. The van der Waals surface area contributed by atoms with Gasteiger partial charge in [-0.1, -0.05) is 6.08 Å². The first-order valence-corrected chi connectivity index (χ1v) is 3.20. The molecule has 1 unspecified atom stereocenters. The van der Waals surface area contributed by atoms with Gasteiger partial charge in [0.05, 0.1) is 7.11 Å². The number of methoxy groups -OCH3 is 1. The molecule has 56 valence electrons. The Hall–Kier alpha value is -0.830. The average Bonchev–Trinajstić information content (AvgIpc) is 1.82. The van der Waals surface area contributed by atoms with Crippen molar-refractivity contribution in [2.75, 3.05) is 7.11 Å². The summed E-state index contributed by atoms with van der Waals surface area (Å²) in [7, 11) is 1.27. The topological polar surface area (TPSA) is 46.5 Å². The van der Waals surface area contributed by atoms with Gasteiger partial charge in [0.1, 0.15) is 0 Å². The lowest BCUT2D eigenvalue weighted by molar-refractivity contribution is -0.148. The Morgan fingerprint density at radius 3 is 2.80 bits per heavy atom. The molecule has 0 saturated heterocycles. The van der Waals surface area contributed by atoms with Crippen LogP contribution in [0.4, 0.5) is 0 Å². The lowest BCUT2D eigenvalue weighted by Crippen LogP contribution is -2.26. The number of ether oxygens (including phenoxy) is 1. The normalized spacial score (nSPS) is 18.8. The molecule has 3 nitrogen and oxygen atoms in total. The molecule has 0 fully saturated rings. The molecule has 3 heteroatoms. The summed E-state index contributed by atoms with van der Waals surface area (Å²) in [6.45, 7) is 0. The molecule has 0 aromatic rings. The fourth-order valence-electron chi connectivity index (χ4n) is 0.822. The van der Waals surface area contributed by atoms with E-state index in [4.69, 9.17) is 5.11 Å². The van der Waals surface area contributed by atoms with Crippen molar-refractivity contribution in [3.8, 4) is 0 Å². The second-order valence-corrected chi connectivity index (χ2v) is 2.24. The van der Waals surface area contributed by atoms with Crippen LogP contribution < -0.4 is 0 Å². The molecular weight excluding hydrogens is 132 g/mol. The van der Waals surface area contributed by atoms with Crippen molar-refractivity contribution >= 4 is 5.97 Å². The van der Waals surface area contributed by atoms with Gasteiger partial charge in [-0.15, -0.1) is 0 Å². The van der Waals surface area contributed by atoms with Gasteiger partial charge in [0, 0.05) is 0 Å². The van der Waals surface area contributed by atoms with E-state index in [9.17, 15) is 4.79 Å². The van der Waals surface area contributed by atoms with Crippen molar-refractivity contribution in [3.05, 3.63) is 11.6 Å². The van der Waals surface area contributed by atoms with Crippen LogP contribution in [0.25, 0.3) is 0 Å². The van der Waals surface area contributed by atoms with Crippen LogP contribution >= 0.6 is 0 Å². The van der Waals surface area contributed by atoms with Gasteiger partial charge in [-0.05, 0) is 18.4 Å². The third-order valence-corrected chi connectivity index (χ3v) is 1.62. The summed E-state index contributed by atoms with van der Waals surface area (Å²) in [6, 6.07) is 0. The van der Waals surface area contributed by atoms with E-state index in [1.807, 2.05) is 6.08 Å². The largest absolute Gasteiger partial charge is 0.467 e. The number of carbonyl (C=O) groups excluding carboxylic acids is 1. The molecule has 1 aliphatic rings. The maximum Gasteiger partial charge on any atom is 0.339 e. The second kappa shape index (κ2) is 2.84. The van der Waals surface area contributed by atoms with Crippen LogP contribution in [0.1, 0.15) is 12.8 Å². The Morgan fingerprint density at radius 1 is 1.90 bits per heavy atom. The van der Waals surface area contributed by atoms with Gasteiger partial charge in [0.2, 0.25) is 0 Å². The molecular formula is C7H10O3. The summed E-state index contributed by atoms with van der Waals surface area (Å²) in [5.41, 5.74) is 0.784. The molecule has 10 heavy (non-hydrogen) atoms. The molecule has 0 aromatic heterocycles. The highest BCUT2D eigenvalue weighted by Crippen LogP contribution is 2.21. The number of esters is 1. The monoisotopic (exact) mass is 142 g/mol. The maximum absolute atomic E-state index is 10.6. The molecule has 0 heterocycles. The molecule has 1 atom stereocenters. The van der Waals surface area contributed by atoms with Crippen molar-refractivity contribution in [2.24, 2.45) is 0 Å². The Labute approximate surface area is 59.3 Å². The molecule has 0 spiro atoms. The maximum atomic E-state index is 10.6. The fourth-order valence-corrected chi connectivity index (χ4v) is 0.822. The molecule has 1 N–H and O–H groups in total. The molecule has 0 saturated carbocycles. The van der Waals surface area contributed by atoms with Crippen molar-refractivity contribution in [3.63, 3.8) is 0 Å². The van der Waals surface area contributed by atoms with Crippen molar-refractivity contribution in [1.82, 2.24) is 0 Å². The number of allylic oxidation sites excluding steroid dienone is 1. The molecule has 0 aromatic carbocycles. The van der Waals surface area contributed by atoms with E-state index in [0.717, 1.165) is 18.4 Å². The van der Waals surface area contributed by atoms with E-state index in [1.165, 1.54) is 7.11 Å². The summed E-state index contributed by atoms with van der Waals surface area (Å²) in [5.74, 6) is -0.564. The molecule has 0 bridgehead atoms. The molecule has 1 rings (SSSR count). The van der Waals surface area contributed by atoms with E-state index in [0.29, 0.717) is 0 Å². The summed E-state index contributed by atoms with van der Waals surface area (Å²) in [4.78, 5) is 10.6. The average molecular weight is 142 g/mol. The SMILES string of the molecule is COC(=O)C(O)C1=CCC1. The lowest BCUT2D eigenvalue weighted by atomic mass is 9.94. The van der Waals surface area contributed by atoms with E-state index in [1.54, 1.807) is 0 Å². The van der Waals surface area contributed by atoms with E-state index in [-0.39, 0.29) is 0 Å². The first kappa shape index (κ1) is 7.28. The van der Waals surface area contributed by atoms with Gasteiger partial charge in [-0.25, -0.2) is 4.79 Å². The zero-order valence-electron chi connectivity index (χ0n) is 5.83. The van der Waals surface area contributed by atoms with Crippen LogP contribution in [0.5, 0.6) is 0 Å². The van der Waals surface area contributed by atoms with Crippen molar-refractivity contribution < 1.29 is 14.6 Å². The van der Waals surface area contributed by atoms with Gasteiger partial charge in [-0.3, -0.25) is 0 Å². The van der Waals surface area contributed by atoms with Crippen LogP contribution in [0, 0.1) is 0 Å². The first-order valence-electron chi connectivity index (χ1n) is 3.20. The van der Waals surface area contributed by atoms with Crippen molar-refractivity contribution in [2.45, 2.75) is 18.9 Å². The molecule has 1 aliphatic carbocycles. The van der Waals surface area contributed by atoms with Crippen LogP contribution in [0.3, 0.4) is 0 Å². The zero-order chi connectivity index (χ0) is 7.56. The molecule has 0 amide bonds. The lowest BCUT2D eigenvalue weighted by Gasteiger charge is -2.17. The van der Waals surface area contributed by atoms with Gasteiger partial charge < -0.3 is 9.84 Å². The van der Waals surface area contributed by atoms with E-state index < -0.39 is 12.1 Å². The van der Waals surface area contributed by atoms with Crippen LogP contribution in [-0.2, 0) is 9.53 Å². The summed E-state index contributed by atoms with van der Waals surface area (Å²) < 4.78 is 4.34. The summed E-state index contributed by atoms with van der Waals surface area (Å²) in [5, 5.41) is 9.09. The minimum absolute atomic E-state index is 0.564. The quantitative estimate of drug-likeness (QED) is 0.443. The number of aliphatic hydroxyl groups is 1. The second-order valence-electron chi connectivity index (χ2n) is 2.24. The fraction of sp³-hybridized carbons (Fsp3) is 0.571. The molecule has 0 aliphatic heterocycles. The standard InChI is InChI=1S/C7H10O3/c1-10-7(9)6(8)5-3-2-4-5/h3,6,8H,2,4H2,1H3. The van der Waals surface area contributed by atoms with Crippen LogP contribution in [0.2, 0.25) is 0 Å². The highest BCUT2D eigenvalue weighted by molar-refractivity contribution is 5.78. The number of rotatable bonds is 2. The highest BCUT2D eigenvalue weighted by atomic mass is 16.5. The third-order valence-electron chi connectivity index (χ3n) is 1.62. The minimum Gasteiger partial charge on any atom is -0.467 e. The number of hydrogen-bond donors (Lipinski definition) is 1. The van der Waals surface area contributed by atoms with Gasteiger partial charge in [0.25, 0.3) is 0 Å². The van der Waals surface area contributed by atoms with Crippen LogP contribution in [-0.4, -0.2) is 24.3 Å². The minimum atomic E-state index is -1.02. The Kier molecular flexibility index (Phi) is 2.06. The van der Waals surface area contributed by atoms with Gasteiger partial charge in [-0.2, -0.15) is 0 Å². The molecule has 0 radical (unpaired) electrons. The predicted octanol–water partition coefficient (Wildman–Crippen LogP) is 0.240. The summed E-state index contributed by atoms with van der Waals surface area (Å²) in [6.07, 6.45) is 2.61. The van der Waals surface area contributed by atoms with Crippen LogP contribution in [0.15, 0.2) is 11.6 Å². The first-order chi connectivity index (χ1) is 4.75.